The van der Waals surface area contributed by atoms with E-state index < -0.39 is 12.0 Å². The van der Waals surface area contributed by atoms with E-state index in [1.54, 1.807) is 17.0 Å². The summed E-state index contributed by atoms with van der Waals surface area (Å²) in [6.45, 7) is 0.977. The lowest BCUT2D eigenvalue weighted by Gasteiger charge is -2.56. The number of hydrogen-bond donors (Lipinski definition) is 0. The van der Waals surface area contributed by atoms with E-state index in [1.807, 2.05) is 6.07 Å². The highest BCUT2D eigenvalue weighted by atomic mass is 16.5. The van der Waals surface area contributed by atoms with Gasteiger partial charge in [-0.15, -0.1) is 0 Å². The molecule has 1 aromatic rings. The maximum absolute atomic E-state index is 13.7. The molecule has 2 aliphatic heterocycles. The first-order chi connectivity index (χ1) is 15.5. The molecule has 4 bridgehead atoms. The molecule has 1 amide bonds. The van der Waals surface area contributed by atoms with Crippen molar-refractivity contribution in [2.75, 3.05) is 19.8 Å². The SMILES string of the molecule is O=C(COC(=O)C1CCCN1C(=O)C12CC3CC(CC(C3)C1)C2)c1ccc2c(c1)CCO2. The highest BCUT2D eigenvalue weighted by molar-refractivity contribution is 5.98. The Balaban J connectivity index is 1.11. The van der Waals surface area contributed by atoms with E-state index in [0.29, 0.717) is 42.9 Å². The Morgan fingerprint density at radius 2 is 1.78 bits per heavy atom. The zero-order chi connectivity index (χ0) is 21.9. The van der Waals surface area contributed by atoms with Gasteiger partial charge in [-0.1, -0.05) is 0 Å². The Bertz CT molecular complexity index is 934. The Morgan fingerprint density at radius 3 is 2.50 bits per heavy atom. The van der Waals surface area contributed by atoms with E-state index in [0.717, 1.165) is 43.4 Å². The molecule has 5 fully saturated rings. The quantitative estimate of drug-likeness (QED) is 0.520. The molecule has 1 aromatic carbocycles. The molecule has 1 atom stereocenters. The van der Waals surface area contributed by atoms with Crippen LogP contribution in [0.5, 0.6) is 5.75 Å². The van der Waals surface area contributed by atoms with Crippen molar-refractivity contribution < 1.29 is 23.9 Å². The highest BCUT2D eigenvalue weighted by Gasteiger charge is 2.57. The maximum atomic E-state index is 13.7. The van der Waals surface area contributed by atoms with Crippen LogP contribution in [0.3, 0.4) is 0 Å². The van der Waals surface area contributed by atoms with Crippen LogP contribution >= 0.6 is 0 Å². The summed E-state index contributed by atoms with van der Waals surface area (Å²) in [6.07, 6.45) is 9.08. The number of carbonyl (C=O) groups is 3. The summed E-state index contributed by atoms with van der Waals surface area (Å²) < 4.78 is 10.9. The van der Waals surface area contributed by atoms with Gasteiger partial charge in [0.2, 0.25) is 5.91 Å². The third kappa shape index (κ3) is 3.34. The van der Waals surface area contributed by atoms with Gasteiger partial charge in [-0.25, -0.2) is 4.79 Å². The van der Waals surface area contributed by atoms with Crippen LogP contribution in [-0.4, -0.2) is 48.4 Å². The number of carbonyl (C=O) groups excluding carboxylic acids is 3. The number of fused-ring (bicyclic) bond motifs is 1. The molecule has 0 N–H and O–H groups in total. The second-order valence-corrected chi connectivity index (χ2v) is 10.8. The van der Waals surface area contributed by atoms with Gasteiger partial charge in [-0.2, -0.15) is 0 Å². The van der Waals surface area contributed by atoms with Crippen molar-refractivity contribution in [3.05, 3.63) is 29.3 Å². The molecule has 170 valence electrons. The Labute approximate surface area is 188 Å². The number of Topliss-reactive ketones (excluding diaryl/α,β-unsaturated/α-hetero) is 1. The fraction of sp³-hybridized carbons (Fsp3) is 0.654. The number of likely N-dealkylation sites (tertiary alicyclic amines) is 1. The summed E-state index contributed by atoms with van der Waals surface area (Å²) in [5, 5.41) is 0. The summed E-state index contributed by atoms with van der Waals surface area (Å²) in [6, 6.07) is 4.81. The van der Waals surface area contributed by atoms with Crippen LogP contribution in [0.15, 0.2) is 18.2 Å². The Morgan fingerprint density at radius 1 is 1.06 bits per heavy atom. The van der Waals surface area contributed by atoms with Crippen LogP contribution in [0, 0.1) is 23.2 Å². The average Bonchev–Trinajstić information content (AvgIpc) is 3.44. The van der Waals surface area contributed by atoms with Crippen molar-refractivity contribution >= 4 is 17.7 Å². The van der Waals surface area contributed by atoms with E-state index in [1.165, 1.54) is 19.3 Å². The molecule has 4 saturated carbocycles. The summed E-state index contributed by atoms with van der Waals surface area (Å²) in [5.74, 6) is 2.42. The lowest BCUT2D eigenvalue weighted by molar-refractivity contribution is -0.165. The number of ketones is 1. The first kappa shape index (κ1) is 20.3. The average molecular weight is 438 g/mol. The molecular formula is C26H31NO5. The number of nitrogens with zero attached hydrogens (tertiary/aromatic N) is 1. The zero-order valence-corrected chi connectivity index (χ0v) is 18.5. The molecule has 1 unspecified atom stereocenters. The molecule has 6 heteroatoms. The second kappa shape index (κ2) is 7.60. The van der Waals surface area contributed by atoms with Crippen molar-refractivity contribution in [3.8, 4) is 5.75 Å². The topological polar surface area (TPSA) is 72.9 Å². The molecular weight excluding hydrogens is 406 g/mol. The van der Waals surface area contributed by atoms with Gasteiger partial charge in [-0.05, 0) is 92.9 Å². The summed E-state index contributed by atoms with van der Waals surface area (Å²) in [4.78, 5) is 41.1. The second-order valence-electron chi connectivity index (χ2n) is 10.8. The van der Waals surface area contributed by atoms with Crippen LogP contribution in [0.25, 0.3) is 0 Å². The largest absolute Gasteiger partial charge is 0.493 e. The smallest absolute Gasteiger partial charge is 0.329 e. The van der Waals surface area contributed by atoms with Gasteiger partial charge in [-0.3, -0.25) is 9.59 Å². The van der Waals surface area contributed by atoms with Gasteiger partial charge < -0.3 is 14.4 Å². The number of ether oxygens (including phenoxy) is 2. The fourth-order valence-electron chi connectivity index (χ4n) is 7.61. The van der Waals surface area contributed by atoms with Crippen molar-refractivity contribution in [1.82, 2.24) is 4.90 Å². The van der Waals surface area contributed by atoms with Crippen LogP contribution in [0.1, 0.15) is 67.3 Å². The number of amides is 1. The van der Waals surface area contributed by atoms with E-state index in [-0.39, 0.29) is 23.7 Å². The van der Waals surface area contributed by atoms with Gasteiger partial charge >= 0.3 is 5.97 Å². The lowest BCUT2D eigenvalue weighted by atomic mass is 9.49. The van der Waals surface area contributed by atoms with Gasteiger partial charge in [0.15, 0.2) is 12.4 Å². The first-order valence-electron chi connectivity index (χ1n) is 12.3. The summed E-state index contributed by atoms with van der Waals surface area (Å²) in [7, 11) is 0. The normalized spacial score (nSPS) is 34.3. The molecule has 6 nitrogen and oxygen atoms in total. The predicted octanol–water partition coefficient (Wildman–Crippen LogP) is 3.55. The minimum absolute atomic E-state index is 0.181. The lowest BCUT2D eigenvalue weighted by Crippen LogP contribution is -2.56. The van der Waals surface area contributed by atoms with Gasteiger partial charge in [0, 0.05) is 18.5 Å². The van der Waals surface area contributed by atoms with Crippen LogP contribution < -0.4 is 4.74 Å². The monoisotopic (exact) mass is 437 g/mol. The molecule has 6 aliphatic rings. The van der Waals surface area contributed by atoms with E-state index in [9.17, 15) is 14.4 Å². The third-order valence-corrected chi connectivity index (χ3v) is 8.63. The van der Waals surface area contributed by atoms with Crippen molar-refractivity contribution in [3.63, 3.8) is 0 Å². The Hall–Kier alpha value is -2.37. The molecule has 0 spiro atoms. The third-order valence-electron chi connectivity index (χ3n) is 8.63. The summed E-state index contributed by atoms with van der Waals surface area (Å²) >= 11 is 0. The number of rotatable bonds is 5. The number of benzene rings is 1. The molecule has 2 heterocycles. The van der Waals surface area contributed by atoms with E-state index >= 15 is 0 Å². The standard InChI is InChI=1S/C26H31NO5/c28-22(19-3-4-23-20(11-19)5-7-31-23)15-32-24(29)21-2-1-6-27(21)25(30)26-12-16-8-17(13-26)10-18(9-16)14-26/h3-4,11,16-18,21H,1-2,5-10,12-15H2. The molecule has 1 saturated heterocycles. The molecule has 7 rings (SSSR count). The fourth-order valence-corrected chi connectivity index (χ4v) is 7.61. The molecule has 4 aliphatic carbocycles. The number of hydrogen-bond acceptors (Lipinski definition) is 5. The molecule has 0 radical (unpaired) electrons. The highest BCUT2D eigenvalue weighted by Crippen LogP contribution is 2.60. The van der Waals surface area contributed by atoms with Gasteiger partial charge in [0.05, 0.1) is 12.0 Å². The number of esters is 1. The molecule has 0 aromatic heterocycles. The minimum Gasteiger partial charge on any atom is -0.493 e. The van der Waals surface area contributed by atoms with E-state index in [4.69, 9.17) is 9.47 Å². The van der Waals surface area contributed by atoms with Crippen LogP contribution in [0.4, 0.5) is 0 Å². The first-order valence-corrected chi connectivity index (χ1v) is 12.3. The van der Waals surface area contributed by atoms with Crippen LogP contribution in [0.2, 0.25) is 0 Å². The zero-order valence-electron chi connectivity index (χ0n) is 18.5. The predicted molar refractivity (Wildman–Crippen MR) is 116 cm³/mol. The van der Waals surface area contributed by atoms with Gasteiger partial charge in [0.1, 0.15) is 11.8 Å². The van der Waals surface area contributed by atoms with Crippen molar-refractivity contribution in [2.24, 2.45) is 23.2 Å². The van der Waals surface area contributed by atoms with Crippen molar-refractivity contribution in [1.29, 1.82) is 0 Å². The van der Waals surface area contributed by atoms with Gasteiger partial charge in [0.25, 0.3) is 0 Å². The van der Waals surface area contributed by atoms with E-state index in [2.05, 4.69) is 0 Å². The Kier molecular flexibility index (Phi) is 4.81. The summed E-state index contributed by atoms with van der Waals surface area (Å²) in [5.41, 5.74) is 1.31. The van der Waals surface area contributed by atoms with Crippen LogP contribution in [-0.2, 0) is 20.7 Å². The maximum Gasteiger partial charge on any atom is 0.329 e. The molecule has 32 heavy (non-hydrogen) atoms. The van der Waals surface area contributed by atoms with Crippen molar-refractivity contribution in [2.45, 2.75) is 63.8 Å². The minimum atomic E-state index is -0.545.